The van der Waals surface area contributed by atoms with Crippen LogP contribution < -0.4 is 11.1 Å². The standard InChI is InChI=1S/C10H16ClN3O/c1-3-10(2,6-15)14-9-7(12)4-5-8(11)13-9/h4-5,15H,3,6,12H2,1-2H3,(H,13,14). The van der Waals surface area contributed by atoms with E-state index in [-0.39, 0.29) is 6.61 Å². The van der Waals surface area contributed by atoms with Crippen LogP contribution in [-0.2, 0) is 0 Å². The zero-order valence-electron chi connectivity index (χ0n) is 8.92. The summed E-state index contributed by atoms with van der Waals surface area (Å²) in [6.45, 7) is 3.89. The van der Waals surface area contributed by atoms with Gasteiger partial charge in [-0.1, -0.05) is 18.5 Å². The van der Waals surface area contributed by atoms with Crippen molar-refractivity contribution in [2.45, 2.75) is 25.8 Å². The van der Waals surface area contributed by atoms with Gasteiger partial charge in [0.15, 0.2) is 5.82 Å². The van der Waals surface area contributed by atoms with Crippen molar-refractivity contribution in [3.8, 4) is 0 Å². The molecule has 0 saturated carbocycles. The van der Waals surface area contributed by atoms with E-state index in [2.05, 4.69) is 10.3 Å². The Kier molecular flexibility index (Phi) is 3.77. The first-order chi connectivity index (χ1) is 7.00. The zero-order chi connectivity index (χ0) is 11.5. The molecule has 84 valence electrons. The number of aromatic nitrogens is 1. The fourth-order valence-electron chi connectivity index (χ4n) is 1.07. The van der Waals surface area contributed by atoms with E-state index >= 15 is 0 Å². The molecular formula is C10H16ClN3O. The number of hydrogen-bond acceptors (Lipinski definition) is 4. The van der Waals surface area contributed by atoms with Crippen molar-refractivity contribution < 1.29 is 5.11 Å². The Balaban J connectivity index is 2.92. The average molecular weight is 230 g/mol. The monoisotopic (exact) mass is 229 g/mol. The molecule has 0 aliphatic carbocycles. The molecule has 1 aromatic rings. The van der Waals surface area contributed by atoms with Gasteiger partial charge in [-0.25, -0.2) is 4.98 Å². The molecule has 0 spiro atoms. The third-order valence-electron chi connectivity index (χ3n) is 2.44. The molecule has 4 nitrogen and oxygen atoms in total. The maximum atomic E-state index is 9.24. The molecule has 4 N–H and O–H groups in total. The van der Waals surface area contributed by atoms with E-state index < -0.39 is 5.54 Å². The van der Waals surface area contributed by atoms with Gasteiger partial charge in [0.05, 0.1) is 17.8 Å². The first-order valence-corrected chi connectivity index (χ1v) is 5.19. The van der Waals surface area contributed by atoms with Gasteiger partial charge >= 0.3 is 0 Å². The van der Waals surface area contributed by atoms with E-state index in [1.807, 2.05) is 13.8 Å². The Morgan fingerprint density at radius 1 is 1.60 bits per heavy atom. The molecule has 15 heavy (non-hydrogen) atoms. The second-order valence-electron chi connectivity index (χ2n) is 3.77. The molecule has 5 heteroatoms. The molecule has 0 aliphatic heterocycles. The summed E-state index contributed by atoms with van der Waals surface area (Å²) in [5.41, 5.74) is 5.84. The van der Waals surface area contributed by atoms with E-state index in [0.717, 1.165) is 6.42 Å². The summed E-state index contributed by atoms with van der Waals surface area (Å²) in [5, 5.41) is 12.7. The summed E-state index contributed by atoms with van der Waals surface area (Å²) >= 11 is 5.76. The van der Waals surface area contributed by atoms with Crippen LogP contribution in [0.5, 0.6) is 0 Å². The molecular weight excluding hydrogens is 214 g/mol. The summed E-state index contributed by atoms with van der Waals surface area (Å²) < 4.78 is 0. The Morgan fingerprint density at radius 3 is 2.80 bits per heavy atom. The number of nitrogens with two attached hydrogens (primary N) is 1. The van der Waals surface area contributed by atoms with Gasteiger partial charge in [-0.15, -0.1) is 0 Å². The molecule has 0 fully saturated rings. The Morgan fingerprint density at radius 2 is 2.27 bits per heavy atom. The van der Waals surface area contributed by atoms with Crippen LogP contribution in [0.3, 0.4) is 0 Å². The summed E-state index contributed by atoms with van der Waals surface area (Å²) in [5.74, 6) is 0.515. The van der Waals surface area contributed by atoms with Crippen LogP contribution in [0.25, 0.3) is 0 Å². The third kappa shape index (κ3) is 2.97. The molecule has 0 radical (unpaired) electrons. The molecule has 1 heterocycles. The topological polar surface area (TPSA) is 71.2 Å². The van der Waals surface area contributed by atoms with Crippen LogP contribution in [-0.4, -0.2) is 22.2 Å². The van der Waals surface area contributed by atoms with E-state index in [4.69, 9.17) is 17.3 Å². The van der Waals surface area contributed by atoms with Gasteiger partial charge < -0.3 is 16.2 Å². The minimum Gasteiger partial charge on any atom is -0.396 e. The summed E-state index contributed by atoms with van der Waals surface area (Å²) in [6.07, 6.45) is 0.761. The molecule has 0 saturated heterocycles. The van der Waals surface area contributed by atoms with Gasteiger partial charge in [-0.2, -0.15) is 0 Å². The van der Waals surface area contributed by atoms with Crippen molar-refractivity contribution in [2.24, 2.45) is 0 Å². The van der Waals surface area contributed by atoms with E-state index in [1.54, 1.807) is 12.1 Å². The maximum Gasteiger partial charge on any atom is 0.151 e. The fraction of sp³-hybridized carbons (Fsp3) is 0.500. The Labute approximate surface area is 94.5 Å². The number of anilines is 2. The number of aliphatic hydroxyl groups is 1. The van der Waals surface area contributed by atoms with E-state index in [9.17, 15) is 5.11 Å². The van der Waals surface area contributed by atoms with Gasteiger partial charge in [0.2, 0.25) is 0 Å². The van der Waals surface area contributed by atoms with Gasteiger partial charge in [0.25, 0.3) is 0 Å². The highest BCUT2D eigenvalue weighted by Gasteiger charge is 2.21. The fourth-order valence-corrected chi connectivity index (χ4v) is 1.22. The smallest absolute Gasteiger partial charge is 0.151 e. The molecule has 0 aromatic carbocycles. The van der Waals surface area contributed by atoms with Crippen molar-refractivity contribution in [1.29, 1.82) is 0 Å². The van der Waals surface area contributed by atoms with Crippen LogP contribution in [0.2, 0.25) is 5.15 Å². The van der Waals surface area contributed by atoms with Crippen LogP contribution in [0.1, 0.15) is 20.3 Å². The lowest BCUT2D eigenvalue weighted by molar-refractivity contribution is 0.218. The molecule has 1 atom stereocenters. The first kappa shape index (κ1) is 12.1. The van der Waals surface area contributed by atoms with Crippen LogP contribution in [0, 0.1) is 0 Å². The van der Waals surface area contributed by atoms with E-state index in [1.165, 1.54) is 0 Å². The average Bonchev–Trinajstić information content (AvgIpc) is 2.23. The number of nitrogens with zero attached hydrogens (tertiary/aromatic N) is 1. The predicted molar refractivity (Wildman–Crippen MR) is 63.1 cm³/mol. The summed E-state index contributed by atoms with van der Waals surface area (Å²) in [6, 6.07) is 3.31. The van der Waals surface area contributed by atoms with Gasteiger partial charge in [-0.05, 0) is 25.5 Å². The Hall–Kier alpha value is -1.00. The lowest BCUT2D eigenvalue weighted by Gasteiger charge is -2.28. The summed E-state index contributed by atoms with van der Waals surface area (Å²) in [7, 11) is 0. The maximum absolute atomic E-state index is 9.24. The van der Waals surface area contributed by atoms with Crippen LogP contribution >= 0.6 is 11.6 Å². The molecule has 1 rings (SSSR count). The number of pyridine rings is 1. The number of rotatable bonds is 4. The lowest BCUT2D eigenvalue weighted by Crippen LogP contribution is -2.38. The molecule has 0 amide bonds. The molecule has 1 unspecified atom stereocenters. The normalized spacial score (nSPS) is 14.7. The predicted octanol–water partition coefficient (Wildman–Crippen LogP) is 1.89. The molecule has 0 bridgehead atoms. The van der Waals surface area contributed by atoms with Gasteiger partial charge in [0.1, 0.15) is 5.15 Å². The van der Waals surface area contributed by atoms with Crippen molar-refractivity contribution in [3.05, 3.63) is 17.3 Å². The number of nitrogen functional groups attached to an aromatic ring is 1. The minimum atomic E-state index is -0.425. The van der Waals surface area contributed by atoms with Crippen LogP contribution in [0.15, 0.2) is 12.1 Å². The quantitative estimate of drug-likeness (QED) is 0.690. The number of hydrogen-bond donors (Lipinski definition) is 3. The lowest BCUT2D eigenvalue weighted by atomic mass is 10.0. The van der Waals surface area contributed by atoms with E-state index in [0.29, 0.717) is 16.7 Å². The highest BCUT2D eigenvalue weighted by molar-refractivity contribution is 6.29. The van der Waals surface area contributed by atoms with Crippen molar-refractivity contribution in [1.82, 2.24) is 4.98 Å². The molecule has 1 aromatic heterocycles. The number of aliphatic hydroxyl groups excluding tert-OH is 1. The van der Waals surface area contributed by atoms with Crippen molar-refractivity contribution in [2.75, 3.05) is 17.7 Å². The van der Waals surface area contributed by atoms with Gasteiger partial charge in [-0.3, -0.25) is 0 Å². The highest BCUT2D eigenvalue weighted by atomic mass is 35.5. The van der Waals surface area contributed by atoms with Gasteiger partial charge in [0, 0.05) is 0 Å². The number of nitrogens with one attached hydrogen (secondary N) is 1. The Bertz CT molecular complexity index is 339. The minimum absolute atomic E-state index is 0.0110. The van der Waals surface area contributed by atoms with Crippen molar-refractivity contribution in [3.63, 3.8) is 0 Å². The second-order valence-corrected chi connectivity index (χ2v) is 4.16. The first-order valence-electron chi connectivity index (χ1n) is 4.82. The SMILES string of the molecule is CCC(C)(CO)Nc1nc(Cl)ccc1N. The highest BCUT2D eigenvalue weighted by Crippen LogP contribution is 2.23. The van der Waals surface area contributed by atoms with Crippen molar-refractivity contribution >= 4 is 23.1 Å². The number of halogens is 1. The third-order valence-corrected chi connectivity index (χ3v) is 2.65. The molecule has 0 aliphatic rings. The zero-order valence-corrected chi connectivity index (χ0v) is 9.67. The summed E-state index contributed by atoms with van der Waals surface area (Å²) in [4.78, 5) is 4.07. The largest absolute Gasteiger partial charge is 0.396 e. The van der Waals surface area contributed by atoms with Crippen LogP contribution in [0.4, 0.5) is 11.5 Å². The second kappa shape index (κ2) is 4.68.